The number of halogens is 3. The predicted molar refractivity (Wildman–Crippen MR) is 123 cm³/mol. The second kappa shape index (κ2) is 9.39. The van der Waals surface area contributed by atoms with Gasteiger partial charge in [-0.15, -0.1) is 11.8 Å². The zero-order chi connectivity index (χ0) is 22.0. The molecule has 1 fully saturated rings. The van der Waals surface area contributed by atoms with Gasteiger partial charge in [-0.3, -0.25) is 9.69 Å². The minimum absolute atomic E-state index is 0.00714. The summed E-state index contributed by atoms with van der Waals surface area (Å²) in [4.78, 5) is 14.3. The first-order valence-corrected chi connectivity index (χ1v) is 11.2. The van der Waals surface area contributed by atoms with E-state index in [4.69, 9.17) is 32.7 Å². The second-order valence-corrected chi connectivity index (χ2v) is 8.73. The lowest BCUT2D eigenvalue weighted by Crippen LogP contribution is -2.27. The van der Waals surface area contributed by atoms with Crippen LogP contribution in [0.25, 0.3) is 0 Å². The monoisotopic (exact) mass is 477 g/mol. The molecule has 3 aromatic rings. The van der Waals surface area contributed by atoms with Crippen molar-refractivity contribution in [2.75, 3.05) is 17.8 Å². The van der Waals surface area contributed by atoms with Gasteiger partial charge in [-0.25, -0.2) is 4.39 Å². The maximum Gasteiger partial charge on any atom is 0.238 e. The standard InChI is InChI=1S/C23H18Cl2FNO3S/c1-29-20-11-15(10-18(25)22(20)30-12-14-4-2-3-5-19(14)26)23-27(21(28)13-31-23)17-8-6-16(24)7-9-17/h2-11,23H,12-13H2,1H3/t23-/m0/s1. The molecule has 1 saturated heterocycles. The minimum atomic E-state index is -0.353. The summed E-state index contributed by atoms with van der Waals surface area (Å²) in [5.74, 6) is 0.720. The Bertz CT molecular complexity index is 1110. The van der Waals surface area contributed by atoms with Gasteiger partial charge in [0.15, 0.2) is 11.5 Å². The van der Waals surface area contributed by atoms with Gasteiger partial charge in [0.1, 0.15) is 17.8 Å². The third-order valence-electron chi connectivity index (χ3n) is 4.84. The van der Waals surface area contributed by atoms with Crippen molar-refractivity contribution in [2.45, 2.75) is 12.0 Å². The van der Waals surface area contributed by atoms with Crippen LogP contribution in [0.5, 0.6) is 11.5 Å². The summed E-state index contributed by atoms with van der Waals surface area (Å²) >= 11 is 14.0. The highest BCUT2D eigenvalue weighted by Gasteiger charge is 2.35. The van der Waals surface area contributed by atoms with E-state index in [-0.39, 0.29) is 23.7 Å². The van der Waals surface area contributed by atoms with E-state index < -0.39 is 0 Å². The molecule has 4 rings (SSSR count). The van der Waals surface area contributed by atoms with Gasteiger partial charge in [-0.05, 0) is 48.0 Å². The first kappa shape index (κ1) is 21.8. The van der Waals surface area contributed by atoms with Crippen LogP contribution in [-0.2, 0) is 11.4 Å². The van der Waals surface area contributed by atoms with E-state index in [2.05, 4.69) is 0 Å². The zero-order valence-electron chi connectivity index (χ0n) is 16.5. The number of hydrogen-bond acceptors (Lipinski definition) is 4. The Hall–Kier alpha value is -2.41. The molecule has 0 spiro atoms. The van der Waals surface area contributed by atoms with Crippen molar-refractivity contribution in [2.24, 2.45) is 0 Å². The van der Waals surface area contributed by atoms with Crippen molar-refractivity contribution in [3.63, 3.8) is 0 Å². The van der Waals surface area contributed by atoms with Gasteiger partial charge < -0.3 is 9.47 Å². The van der Waals surface area contributed by atoms with Gasteiger partial charge in [0.25, 0.3) is 0 Å². The molecule has 0 aliphatic carbocycles. The molecule has 1 atom stereocenters. The van der Waals surface area contributed by atoms with Crippen LogP contribution in [0.3, 0.4) is 0 Å². The van der Waals surface area contributed by atoms with Crippen molar-refractivity contribution in [3.05, 3.63) is 87.7 Å². The Morgan fingerprint density at radius 3 is 2.58 bits per heavy atom. The van der Waals surface area contributed by atoms with E-state index in [1.807, 2.05) is 12.1 Å². The molecule has 1 aliphatic heterocycles. The van der Waals surface area contributed by atoms with Crippen LogP contribution >= 0.6 is 35.0 Å². The SMILES string of the molecule is COc1cc([C@@H]2SCC(=O)N2c2ccc(Cl)cc2)cc(Cl)c1OCc1ccccc1F. The highest BCUT2D eigenvalue weighted by Crippen LogP contribution is 2.46. The predicted octanol–water partition coefficient (Wildman–Crippen LogP) is 6.50. The summed E-state index contributed by atoms with van der Waals surface area (Å²) in [6, 6.07) is 17.0. The molecule has 31 heavy (non-hydrogen) atoms. The minimum Gasteiger partial charge on any atom is -0.493 e. The van der Waals surface area contributed by atoms with E-state index in [9.17, 15) is 9.18 Å². The summed E-state index contributed by atoms with van der Waals surface area (Å²) in [5, 5.41) is 0.642. The molecule has 4 nitrogen and oxygen atoms in total. The number of benzene rings is 3. The van der Waals surface area contributed by atoms with E-state index in [0.717, 1.165) is 11.3 Å². The number of amides is 1. The lowest BCUT2D eigenvalue weighted by atomic mass is 10.1. The number of ether oxygens (including phenoxy) is 2. The summed E-state index contributed by atoms with van der Waals surface area (Å²) in [6.45, 7) is 0.00959. The summed E-state index contributed by atoms with van der Waals surface area (Å²) < 4.78 is 25.2. The van der Waals surface area contributed by atoms with Crippen molar-refractivity contribution < 1.29 is 18.7 Å². The average Bonchev–Trinajstić information content (AvgIpc) is 3.15. The van der Waals surface area contributed by atoms with Gasteiger partial charge in [0, 0.05) is 16.3 Å². The fraction of sp³-hybridized carbons (Fsp3) is 0.174. The fourth-order valence-electron chi connectivity index (χ4n) is 3.34. The Balaban J connectivity index is 1.63. The quantitative estimate of drug-likeness (QED) is 0.406. The summed E-state index contributed by atoms with van der Waals surface area (Å²) in [6.07, 6.45) is 0. The van der Waals surface area contributed by atoms with Crippen molar-refractivity contribution in [1.29, 1.82) is 0 Å². The van der Waals surface area contributed by atoms with E-state index >= 15 is 0 Å². The number of hydrogen-bond donors (Lipinski definition) is 0. The number of nitrogens with zero attached hydrogens (tertiary/aromatic N) is 1. The largest absolute Gasteiger partial charge is 0.493 e. The Morgan fingerprint density at radius 1 is 1.13 bits per heavy atom. The number of methoxy groups -OCH3 is 1. The highest BCUT2D eigenvalue weighted by atomic mass is 35.5. The molecule has 1 aliphatic rings. The van der Waals surface area contributed by atoms with E-state index in [0.29, 0.717) is 32.9 Å². The van der Waals surface area contributed by atoms with Gasteiger partial charge in [0.05, 0.1) is 17.9 Å². The van der Waals surface area contributed by atoms with Crippen molar-refractivity contribution in [3.8, 4) is 11.5 Å². The van der Waals surface area contributed by atoms with Crippen molar-refractivity contribution in [1.82, 2.24) is 0 Å². The molecule has 8 heteroatoms. The average molecular weight is 478 g/mol. The van der Waals surface area contributed by atoms with Crippen LogP contribution < -0.4 is 14.4 Å². The van der Waals surface area contributed by atoms with E-state index in [1.165, 1.54) is 24.9 Å². The molecule has 0 aromatic heterocycles. The molecular formula is C23H18Cl2FNO3S. The van der Waals surface area contributed by atoms with Gasteiger partial charge in [0.2, 0.25) is 5.91 Å². The summed E-state index contributed by atoms with van der Waals surface area (Å²) in [7, 11) is 1.51. The molecule has 0 bridgehead atoms. The maximum absolute atomic E-state index is 13.9. The van der Waals surface area contributed by atoms with Crippen LogP contribution in [-0.4, -0.2) is 18.8 Å². The molecule has 0 N–H and O–H groups in total. The number of carbonyl (C=O) groups excluding carboxylic acids is 1. The molecule has 0 saturated carbocycles. The molecular weight excluding hydrogens is 460 g/mol. The van der Waals surface area contributed by atoms with Gasteiger partial charge in [-0.1, -0.05) is 41.4 Å². The zero-order valence-corrected chi connectivity index (χ0v) is 18.8. The maximum atomic E-state index is 13.9. The van der Waals surface area contributed by atoms with Crippen LogP contribution in [0.1, 0.15) is 16.5 Å². The van der Waals surface area contributed by atoms with Crippen LogP contribution in [0, 0.1) is 5.82 Å². The van der Waals surface area contributed by atoms with Crippen LogP contribution in [0.15, 0.2) is 60.7 Å². The Kier molecular flexibility index (Phi) is 6.60. The topological polar surface area (TPSA) is 38.8 Å². The Morgan fingerprint density at radius 2 is 1.87 bits per heavy atom. The third-order valence-corrected chi connectivity index (χ3v) is 6.58. The number of carbonyl (C=O) groups is 1. The number of anilines is 1. The molecule has 0 radical (unpaired) electrons. The van der Waals surface area contributed by atoms with Crippen LogP contribution in [0.2, 0.25) is 10.0 Å². The fourth-order valence-corrected chi connectivity index (χ4v) is 4.90. The number of thioether (sulfide) groups is 1. The second-order valence-electron chi connectivity index (χ2n) is 6.82. The lowest BCUT2D eigenvalue weighted by molar-refractivity contribution is -0.115. The first-order chi connectivity index (χ1) is 15.0. The number of rotatable bonds is 6. The van der Waals surface area contributed by atoms with Crippen LogP contribution in [0.4, 0.5) is 10.1 Å². The molecule has 3 aromatic carbocycles. The smallest absolute Gasteiger partial charge is 0.238 e. The summed E-state index contributed by atoms with van der Waals surface area (Å²) in [5.41, 5.74) is 1.96. The molecule has 1 amide bonds. The normalized spacial score (nSPS) is 15.9. The van der Waals surface area contributed by atoms with Gasteiger partial charge in [-0.2, -0.15) is 0 Å². The first-order valence-electron chi connectivity index (χ1n) is 9.41. The van der Waals surface area contributed by atoms with Crippen molar-refractivity contribution >= 4 is 46.6 Å². The van der Waals surface area contributed by atoms with E-state index in [1.54, 1.807) is 47.4 Å². The Labute approximate surface area is 193 Å². The molecule has 1 heterocycles. The van der Waals surface area contributed by atoms with Gasteiger partial charge >= 0.3 is 0 Å². The highest BCUT2D eigenvalue weighted by molar-refractivity contribution is 8.00. The molecule has 0 unspecified atom stereocenters. The molecule has 160 valence electrons. The lowest BCUT2D eigenvalue weighted by Gasteiger charge is -2.25. The third kappa shape index (κ3) is 4.61.